The minimum Gasteiger partial charge on any atom is -0.442 e. The van der Waals surface area contributed by atoms with Gasteiger partial charge >= 0.3 is 0 Å². The topological polar surface area (TPSA) is 96.3 Å². The van der Waals surface area contributed by atoms with Gasteiger partial charge in [-0.25, -0.2) is 13.5 Å². The molecule has 0 aliphatic carbocycles. The van der Waals surface area contributed by atoms with Crippen LogP contribution in [-0.2, 0) is 10.0 Å². The first-order chi connectivity index (χ1) is 11.5. The molecular formula is C16H23N3O4S. The Balaban J connectivity index is 2.27. The van der Waals surface area contributed by atoms with E-state index in [9.17, 15) is 13.2 Å². The summed E-state index contributed by atoms with van der Waals surface area (Å²) < 4.78 is 32.6. The molecule has 0 saturated heterocycles. The van der Waals surface area contributed by atoms with Crippen molar-refractivity contribution in [2.45, 2.75) is 44.6 Å². The summed E-state index contributed by atoms with van der Waals surface area (Å²) in [5.41, 5.74) is 0.0492. The molecule has 24 heavy (non-hydrogen) atoms. The summed E-state index contributed by atoms with van der Waals surface area (Å²) in [6.45, 7) is 5.01. The molecule has 0 spiro atoms. The van der Waals surface area contributed by atoms with Crippen molar-refractivity contribution < 1.29 is 12.8 Å². The SMILES string of the molecule is CCCCN(CCCC)S(=O)(=O)c1ccc(-c2ccc(=O)[nH]n2)o1. The van der Waals surface area contributed by atoms with Gasteiger partial charge < -0.3 is 4.42 Å². The van der Waals surface area contributed by atoms with Gasteiger partial charge in [0.05, 0.1) is 0 Å². The fourth-order valence-electron chi connectivity index (χ4n) is 2.23. The average molecular weight is 353 g/mol. The Morgan fingerprint density at radius 1 is 1.08 bits per heavy atom. The lowest BCUT2D eigenvalue weighted by molar-refractivity contribution is 0.371. The van der Waals surface area contributed by atoms with Gasteiger partial charge in [-0.05, 0) is 31.0 Å². The van der Waals surface area contributed by atoms with Crippen LogP contribution in [0.5, 0.6) is 0 Å². The Kier molecular flexibility index (Phi) is 6.33. The van der Waals surface area contributed by atoms with E-state index in [1.165, 1.54) is 22.5 Å². The maximum absolute atomic E-state index is 12.8. The van der Waals surface area contributed by atoms with Gasteiger partial charge in [-0.15, -0.1) is 0 Å². The molecule has 0 aliphatic heterocycles. The third-order valence-electron chi connectivity index (χ3n) is 3.63. The molecule has 0 atom stereocenters. The van der Waals surface area contributed by atoms with Crippen molar-refractivity contribution in [3.05, 3.63) is 34.6 Å². The van der Waals surface area contributed by atoms with E-state index in [0.29, 0.717) is 24.5 Å². The van der Waals surface area contributed by atoms with Crippen molar-refractivity contribution in [3.8, 4) is 11.5 Å². The second kappa shape index (κ2) is 8.25. The zero-order valence-electron chi connectivity index (χ0n) is 14.0. The molecule has 1 N–H and O–H groups in total. The number of hydrogen-bond donors (Lipinski definition) is 1. The number of nitrogens with zero attached hydrogens (tertiary/aromatic N) is 2. The van der Waals surface area contributed by atoms with Crippen molar-refractivity contribution in [2.75, 3.05) is 13.1 Å². The molecule has 0 bridgehead atoms. The van der Waals surface area contributed by atoms with Gasteiger partial charge in [-0.3, -0.25) is 4.79 Å². The van der Waals surface area contributed by atoms with Crippen molar-refractivity contribution in [2.24, 2.45) is 0 Å². The standard InChI is InChI=1S/C16H23N3O4S/c1-3-5-11-19(12-6-4-2)24(21,22)16-10-8-14(23-16)13-7-9-15(20)18-17-13/h7-10H,3-6,11-12H2,1-2H3,(H,18,20). The fraction of sp³-hybridized carbons (Fsp3) is 0.500. The van der Waals surface area contributed by atoms with Gasteiger partial charge in [0.15, 0.2) is 5.76 Å². The van der Waals surface area contributed by atoms with Crippen LogP contribution in [0, 0.1) is 0 Å². The summed E-state index contributed by atoms with van der Waals surface area (Å²) in [5.74, 6) is 0.302. The molecule has 132 valence electrons. The van der Waals surface area contributed by atoms with Gasteiger partial charge in [0, 0.05) is 19.2 Å². The van der Waals surface area contributed by atoms with E-state index in [0.717, 1.165) is 25.7 Å². The molecule has 2 heterocycles. The molecular weight excluding hydrogens is 330 g/mol. The Bertz CT molecular complexity index is 782. The largest absolute Gasteiger partial charge is 0.442 e. The maximum atomic E-state index is 12.8. The van der Waals surface area contributed by atoms with Crippen molar-refractivity contribution in [1.29, 1.82) is 0 Å². The monoisotopic (exact) mass is 353 g/mol. The Morgan fingerprint density at radius 3 is 2.29 bits per heavy atom. The molecule has 0 amide bonds. The molecule has 0 saturated carbocycles. The van der Waals surface area contributed by atoms with E-state index in [-0.39, 0.29) is 10.7 Å². The number of nitrogens with one attached hydrogen (secondary N) is 1. The highest BCUT2D eigenvalue weighted by Gasteiger charge is 2.27. The Hall–Kier alpha value is -1.93. The minimum atomic E-state index is -3.67. The lowest BCUT2D eigenvalue weighted by Crippen LogP contribution is -2.32. The number of unbranched alkanes of at least 4 members (excludes halogenated alkanes) is 2. The zero-order chi connectivity index (χ0) is 17.6. The van der Waals surface area contributed by atoms with Crippen LogP contribution in [0.15, 0.2) is 38.6 Å². The average Bonchev–Trinajstić information content (AvgIpc) is 3.06. The van der Waals surface area contributed by atoms with Gasteiger partial charge in [-0.1, -0.05) is 26.7 Å². The van der Waals surface area contributed by atoms with Crippen LogP contribution < -0.4 is 5.56 Å². The predicted molar refractivity (Wildman–Crippen MR) is 91.1 cm³/mol. The fourth-order valence-corrected chi connectivity index (χ4v) is 3.65. The predicted octanol–water partition coefficient (Wildman–Crippen LogP) is 2.62. The summed E-state index contributed by atoms with van der Waals surface area (Å²) >= 11 is 0. The lowest BCUT2D eigenvalue weighted by atomic mass is 10.3. The van der Waals surface area contributed by atoms with E-state index >= 15 is 0 Å². The van der Waals surface area contributed by atoms with E-state index in [1.807, 2.05) is 13.8 Å². The molecule has 7 nitrogen and oxygen atoms in total. The van der Waals surface area contributed by atoms with E-state index in [1.54, 1.807) is 6.07 Å². The number of rotatable bonds is 9. The molecule has 2 rings (SSSR count). The number of sulfonamides is 1. The minimum absolute atomic E-state index is 0.0993. The van der Waals surface area contributed by atoms with Crippen LogP contribution in [0.2, 0.25) is 0 Å². The van der Waals surface area contributed by atoms with Crippen LogP contribution >= 0.6 is 0 Å². The first-order valence-electron chi connectivity index (χ1n) is 8.15. The van der Waals surface area contributed by atoms with Crippen LogP contribution in [0.25, 0.3) is 11.5 Å². The van der Waals surface area contributed by atoms with Crippen LogP contribution in [-0.4, -0.2) is 36.0 Å². The van der Waals surface area contributed by atoms with Gasteiger partial charge in [-0.2, -0.15) is 9.40 Å². The summed E-state index contributed by atoms with van der Waals surface area (Å²) in [5, 5.41) is 6.05. The molecule has 0 unspecified atom stereocenters. The first kappa shape index (κ1) is 18.4. The molecule has 0 aromatic carbocycles. The first-order valence-corrected chi connectivity index (χ1v) is 9.59. The van der Waals surface area contributed by atoms with Crippen LogP contribution in [0.1, 0.15) is 39.5 Å². The normalized spacial score (nSPS) is 12.0. The summed E-state index contributed by atoms with van der Waals surface area (Å²) in [4.78, 5) is 11.1. The highest BCUT2D eigenvalue weighted by atomic mass is 32.2. The smallest absolute Gasteiger partial charge is 0.276 e. The molecule has 0 radical (unpaired) electrons. The zero-order valence-corrected chi connectivity index (χ0v) is 14.8. The maximum Gasteiger partial charge on any atom is 0.276 e. The number of aromatic nitrogens is 2. The number of H-pyrrole nitrogens is 1. The summed E-state index contributed by atoms with van der Waals surface area (Å²) in [6, 6.07) is 5.78. The van der Waals surface area contributed by atoms with Gasteiger partial charge in [0.25, 0.3) is 15.6 Å². The second-order valence-corrected chi connectivity index (χ2v) is 7.41. The van der Waals surface area contributed by atoms with E-state index < -0.39 is 10.0 Å². The van der Waals surface area contributed by atoms with E-state index in [4.69, 9.17) is 4.42 Å². The Labute approximate surface area is 141 Å². The number of furan rings is 1. The number of hydrogen-bond acceptors (Lipinski definition) is 5. The van der Waals surface area contributed by atoms with Gasteiger partial charge in [0.2, 0.25) is 5.09 Å². The summed E-state index contributed by atoms with van der Waals surface area (Å²) in [6.07, 6.45) is 3.45. The molecule has 2 aromatic heterocycles. The van der Waals surface area contributed by atoms with Crippen LogP contribution in [0.4, 0.5) is 0 Å². The van der Waals surface area contributed by atoms with Crippen molar-refractivity contribution in [3.63, 3.8) is 0 Å². The lowest BCUT2D eigenvalue weighted by Gasteiger charge is -2.20. The number of aromatic amines is 1. The highest BCUT2D eigenvalue weighted by molar-refractivity contribution is 7.89. The molecule has 0 aliphatic rings. The molecule has 8 heteroatoms. The summed E-state index contributed by atoms with van der Waals surface area (Å²) in [7, 11) is -3.67. The third kappa shape index (κ3) is 4.33. The van der Waals surface area contributed by atoms with Crippen LogP contribution in [0.3, 0.4) is 0 Å². The quantitative estimate of drug-likeness (QED) is 0.747. The third-order valence-corrected chi connectivity index (χ3v) is 5.40. The highest BCUT2D eigenvalue weighted by Crippen LogP contribution is 2.25. The second-order valence-electron chi connectivity index (χ2n) is 5.54. The van der Waals surface area contributed by atoms with Crippen molar-refractivity contribution >= 4 is 10.0 Å². The molecule has 0 fully saturated rings. The Morgan fingerprint density at radius 2 is 1.75 bits per heavy atom. The van der Waals surface area contributed by atoms with Crippen molar-refractivity contribution in [1.82, 2.24) is 14.5 Å². The van der Waals surface area contributed by atoms with E-state index in [2.05, 4.69) is 10.2 Å². The molecule has 2 aromatic rings. The van der Waals surface area contributed by atoms with Gasteiger partial charge in [0.1, 0.15) is 5.69 Å².